The molecule has 0 spiro atoms. The maximum Gasteiger partial charge on any atom is 0.416 e. The first-order valence-corrected chi connectivity index (χ1v) is 14.9. The van der Waals surface area contributed by atoms with E-state index in [1.54, 1.807) is 48.5 Å². The zero-order chi connectivity index (χ0) is 33.1. The fourth-order valence-corrected chi connectivity index (χ4v) is 5.53. The highest BCUT2D eigenvalue weighted by molar-refractivity contribution is 7.97. The van der Waals surface area contributed by atoms with Gasteiger partial charge in [-0.3, -0.25) is 9.52 Å². The van der Waals surface area contributed by atoms with Crippen LogP contribution in [0.25, 0.3) is 0 Å². The van der Waals surface area contributed by atoms with Crippen molar-refractivity contribution in [3.63, 3.8) is 0 Å². The van der Waals surface area contributed by atoms with Gasteiger partial charge in [-0.15, -0.1) is 0 Å². The van der Waals surface area contributed by atoms with Gasteiger partial charge in [-0.1, -0.05) is 12.1 Å². The molecule has 3 N–H and O–H groups in total. The molecule has 5 rings (SSSR count). The molecule has 0 atom stereocenters. The number of hydrogen-bond acceptors (Lipinski definition) is 8. The van der Waals surface area contributed by atoms with Crippen molar-refractivity contribution in [1.82, 2.24) is 4.72 Å². The fraction of sp³-hybridized carbons (Fsp3) is 0.212. The summed E-state index contributed by atoms with van der Waals surface area (Å²) in [5, 5.41) is 11.9. The number of anilines is 1. The summed E-state index contributed by atoms with van der Waals surface area (Å²) in [5.74, 6) is 0.285. The Morgan fingerprint density at radius 3 is 1.91 bits per heavy atom. The number of para-hydroxylation sites is 1. The van der Waals surface area contributed by atoms with Crippen molar-refractivity contribution in [1.29, 1.82) is 0 Å². The fourth-order valence-electron chi connectivity index (χ4n) is 4.72. The first-order valence-electron chi connectivity index (χ1n) is 14.1. The molecule has 1 aliphatic carbocycles. The number of benzene rings is 4. The molecule has 0 aliphatic heterocycles. The number of aromatic carboxylic acids is 1. The van der Waals surface area contributed by atoms with E-state index in [9.17, 15) is 27.9 Å². The summed E-state index contributed by atoms with van der Waals surface area (Å²) < 4.78 is 53.6. The lowest BCUT2D eigenvalue weighted by molar-refractivity contribution is -0.137. The summed E-state index contributed by atoms with van der Waals surface area (Å²) in [5.41, 5.74) is -0.0807. The number of amides is 1. The molecule has 4 aromatic carbocycles. The van der Waals surface area contributed by atoms with Gasteiger partial charge in [-0.25, -0.2) is 4.79 Å². The van der Waals surface area contributed by atoms with E-state index < -0.39 is 23.6 Å². The van der Waals surface area contributed by atoms with Gasteiger partial charge in [0.1, 0.15) is 17.2 Å². The number of hydrogen-bond donors (Lipinski definition) is 3. The molecular formula is C33H29F3N2O7S. The number of nitrogens with one attached hydrogen (secondary N) is 2. The Morgan fingerprint density at radius 2 is 1.33 bits per heavy atom. The molecule has 0 heterocycles. The van der Waals surface area contributed by atoms with Gasteiger partial charge in [0.15, 0.2) is 0 Å². The third-order valence-corrected chi connectivity index (χ3v) is 8.04. The van der Waals surface area contributed by atoms with Crippen LogP contribution in [0.15, 0.2) is 102 Å². The second-order valence-electron chi connectivity index (χ2n) is 10.2. The number of alkyl halides is 3. The topological polar surface area (TPSA) is 131 Å². The van der Waals surface area contributed by atoms with E-state index in [0.717, 1.165) is 48.5 Å². The average molecular weight is 655 g/mol. The molecule has 0 bridgehead atoms. The van der Waals surface area contributed by atoms with Gasteiger partial charge in [0.25, 0.3) is 5.91 Å². The minimum Gasteiger partial charge on any atom is -0.490 e. The summed E-state index contributed by atoms with van der Waals surface area (Å²) in [6.07, 6.45) is -0.787. The summed E-state index contributed by atoms with van der Waals surface area (Å²) >= 11 is 1.35. The van der Waals surface area contributed by atoms with Crippen LogP contribution in [-0.2, 0) is 6.18 Å². The van der Waals surface area contributed by atoms with Crippen molar-refractivity contribution in [2.45, 2.75) is 48.9 Å². The SMILES string of the molecule is O=C(Nc1ccccc1C(=O)O)c1ccc(Oc2ccc(OC3CCC(NSc4ccc(C(F)(F)F)cc4)CC3)cc2)cc1.O=O. The Bertz CT molecular complexity index is 1590. The van der Waals surface area contributed by atoms with Crippen molar-refractivity contribution in [3.05, 3.63) is 124 Å². The predicted molar refractivity (Wildman–Crippen MR) is 168 cm³/mol. The van der Waals surface area contributed by atoms with E-state index >= 15 is 0 Å². The Kier molecular flexibility index (Phi) is 11.8. The quantitative estimate of drug-likeness (QED) is 0.144. The lowest BCUT2D eigenvalue weighted by Crippen LogP contribution is -2.33. The van der Waals surface area contributed by atoms with Gasteiger partial charge >= 0.3 is 12.1 Å². The standard InChI is InChI=1S/C33H29F3N2O5S.O2/c34-33(35,36)22-7-19-28(20-8-22)44-38-23-9-13-25(14-10-23)43-27-17-15-26(16-18-27)42-24-11-5-21(6-12-24)31(39)37-30-4-2-1-3-29(30)32(40)41;1-2/h1-8,11-12,15-20,23,25,38H,9-10,13-14H2,(H,37,39)(H,40,41);. The third-order valence-electron chi connectivity index (χ3n) is 7.08. The first kappa shape index (κ1) is 34.0. The predicted octanol–water partition coefficient (Wildman–Crippen LogP) is 8.50. The van der Waals surface area contributed by atoms with Gasteiger partial charge in [-0.05, 0) is 123 Å². The summed E-state index contributed by atoms with van der Waals surface area (Å²) in [7, 11) is 0. The first-order chi connectivity index (χ1) is 22.1. The third kappa shape index (κ3) is 9.56. The molecule has 13 heteroatoms. The number of carboxylic acid groups (broad SMARTS) is 1. The maximum atomic E-state index is 12.7. The molecule has 0 unspecified atom stereocenters. The Balaban J connectivity index is 0.00000235. The molecular weight excluding hydrogens is 625 g/mol. The lowest BCUT2D eigenvalue weighted by atomic mass is 9.94. The summed E-state index contributed by atoms with van der Waals surface area (Å²) in [6.45, 7) is 0. The van der Waals surface area contributed by atoms with Crippen LogP contribution in [0, 0.1) is 9.93 Å². The minimum absolute atomic E-state index is 0.00634. The zero-order valence-corrected chi connectivity index (χ0v) is 25.0. The van der Waals surface area contributed by atoms with Gasteiger partial charge < -0.3 is 19.9 Å². The van der Waals surface area contributed by atoms with Gasteiger partial charge in [0.2, 0.25) is 0 Å². The van der Waals surface area contributed by atoms with Crippen LogP contribution in [0.5, 0.6) is 17.2 Å². The van der Waals surface area contributed by atoms with Crippen LogP contribution in [-0.4, -0.2) is 29.1 Å². The van der Waals surface area contributed by atoms with E-state index in [0.29, 0.717) is 17.1 Å². The molecule has 240 valence electrons. The molecule has 1 saturated carbocycles. The second-order valence-corrected chi connectivity index (χ2v) is 11.1. The molecule has 1 fully saturated rings. The maximum absolute atomic E-state index is 12.7. The molecule has 46 heavy (non-hydrogen) atoms. The summed E-state index contributed by atoms with van der Waals surface area (Å²) in [4.78, 5) is 38.7. The normalized spacial score (nSPS) is 16.0. The van der Waals surface area contributed by atoms with Crippen molar-refractivity contribution < 1.29 is 37.3 Å². The van der Waals surface area contributed by atoms with Crippen molar-refractivity contribution in [2.75, 3.05) is 5.32 Å². The summed E-state index contributed by atoms with van der Waals surface area (Å²) in [6, 6.07) is 25.3. The van der Waals surface area contributed by atoms with Crippen molar-refractivity contribution in [3.8, 4) is 17.2 Å². The van der Waals surface area contributed by atoms with E-state index in [1.165, 1.54) is 36.2 Å². The van der Waals surface area contributed by atoms with E-state index in [1.807, 2.05) is 12.1 Å². The zero-order valence-electron chi connectivity index (χ0n) is 24.2. The molecule has 1 amide bonds. The number of rotatable bonds is 10. The second kappa shape index (κ2) is 15.9. The van der Waals surface area contributed by atoms with E-state index in [2.05, 4.69) is 10.0 Å². The van der Waals surface area contributed by atoms with Gasteiger partial charge in [0.05, 0.1) is 22.9 Å². The van der Waals surface area contributed by atoms with Gasteiger partial charge in [-0.2, -0.15) is 13.2 Å². The highest BCUT2D eigenvalue weighted by Gasteiger charge is 2.30. The average Bonchev–Trinajstić information content (AvgIpc) is 3.06. The van der Waals surface area contributed by atoms with Crippen LogP contribution >= 0.6 is 11.9 Å². The minimum atomic E-state index is -4.34. The number of halogens is 3. The molecule has 4 aromatic rings. The van der Waals surface area contributed by atoms with Crippen LogP contribution < -0.4 is 19.5 Å². The molecule has 0 radical (unpaired) electrons. The Labute approximate surface area is 266 Å². The number of ether oxygens (including phenoxy) is 2. The molecule has 0 aromatic heterocycles. The molecule has 0 saturated heterocycles. The van der Waals surface area contributed by atoms with Crippen LogP contribution in [0.2, 0.25) is 0 Å². The Hall–Kier alpha value is -4.88. The van der Waals surface area contributed by atoms with Crippen LogP contribution in [0.3, 0.4) is 0 Å². The van der Waals surface area contributed by atoms with E-state index in [-0.39, 0.29) is 23.4 Å². The van der Waals surface area contributed by atoms with Crippen LogP contribution in [0.1, 0.15) is 52.0 Å². The number of carboxylic acids is 1. The van der Waals surface area contributed by atoms with Crippen LogP contribution in [0.4, 0.5) is 18.9 Å². The number of carbonyl (C=O) groups is 2. The van der Waals surface area contributed by atoms with Crippen molar-refractivity contribution >= 4 is 29.5 Å². The number of carbonyl (C=O) groups excluding carboxylic acids is 1. The highest BCUT2D eigenvalue weighted by atomic mass is 32.2. The Morgan fingerprint density at radius 1 is 0.761 bits per heavy atom. The highest BCUT2D eigenvalue weighted by Crippen LogP contribution is 2.32. The van der Waals surface area contributed by atoms with Gasteiger partial charge in [0, 0.05) is 26.4 Å². The monoisotopic (exact) mass is 654 g/mol. The molecule has 9 nitrogen and oxygen atoms in total. The smallest absolute Gasteiger partial charge is 0.416 e. The van der Waals surface area contributed by atoms with Crippen molar-refractivity contribution in [2.24, 2.45) is 0 Å². The van der Waals surface area contributed by atoms with E-state index in [4.69, 9.17) is 19.4 Å². The largest absolute Gasteiger partial charge is 0.490 e. The molecule has 1 aliphatic rings. The lowest BCUT2D eigenvalue weighted by Gasteiger charge is -2.29.